The van der Waals surface area contributed by atoms with Gasteiger partial charge in [0.15, 0.2) is 0 Å². The van der Waals surface area contributed by atoms with E-state index in [1.165, 1.54) is 24.0 Å². The monoisotopic (exact) mass is 191 g/mol. The zero-order valence-corrected chi connectivity index (χ0v) is 8.84. The largest absolute Gasteiger partial charge is 0.494 e. The molecule has 0 radical (unpaired) electrons. The number of nitrogens with one attached hydrogen (secondary N) is 1. The lowest BCUT2D eigenvalue weighted by Crippen LogP contribution is -2.12. The lowest BCUT2D eigenvalue weighted by Gasteiger charge is -2.11. The molecule has 14 heavy (non-hydrogen) atoms. The van der Waals surface area contributed by atoms with Crippen LogP contribution in [0.15, 0.2) is 18.2 Å². The van der Waals surface area contributed by atoms with E-state index in [0.717, 1.165) is 12.4 Å². The number of rotatable bonds is 3. The molecule has 0 fully saturated rings. The second kappa shape index (κ2) is 4.01. The van der Waals surface area contributed by atoms with E-state index in [-0.39, 0.29) is 0 Å². The molecule has 0 saturated carbocycles. The minimum atomic E-state index is 0.519. The molecule has 1 atom stereocenters. The van der Waals surface area contributed by atoms with Crippen LogP contribution < -0.4 is 10.1 Å². The van der Waals surface area contributed by atoms with E-state index in [0.29, 0.717) is 6.04 Å². The van der Waals surface area contributed by atoms with Crippen molar-refractivity contribution in [1.29, 1.82) is 0 Å². The van der Waals surface area contributed by atoms with E-state index in [1.54, 1.807) is 0 Å². The van der Waals surface area contributed by atoms with Crippen molar-refractivity contribution in [1.82, 2.24) is 5.32 Å². The maximum absolute atomic E-state index is 5.50. The Hall–Kier alpha value is -1.02. The van der Waals surface area contributed by atoms with E-state index >= 15 is 0 Å². The summed E-state index contributed by atoms with van der Waals surface area (Å²) >= 11 is 0. The van der Waals surface area contributed by atoms with Gasteiger partial charge in [-0.1, -0.05) is 6.07 Å². The third-order valence-corrected chi connectivity index (χ3v) is 2.85. The van der Waals surface area contributed by atoms with Crippen molar-refractivity contribution in [2.24, 2.45) is 0 Å². The van der Waals surface area contributed by atoms with Gasteiger partial charge in [-0.3, -0.25) is 0 Å². The predicted molar refractivity (Wildman–Crippen MR) is 57.7 cm³/mol. The fourth-order valence-electron chi connectivity index (χ4n) is 2.14. The highest BCUT2D eigenvalue weighted by Crippen LogP contribution is 2.33. The van der Waals surface area contributed by atoms with Crippen LogP contribution in [0.2, 0.25) is 0 Å². The van der Waals surface area contributed by atoms with E-state index in [1.807, 2.05) is 14.0 Å². The second-order valence-corrected chi connectivity index (χ2v) is 3.67. The van der Waals surface area contributed by atoms with Crippen molar-refractivity contribution in [3.63, 3.8) is 0 Å². The van der Waals surface area contributed by atoms with E-state index < -0.39 is 0 Å². The first-order valence-corrected chi connectivity index (χ1v) is 5.28. The summed E-state index contributed by atoms with van der Waals surface area (Å²) in [5.74, 6) is 0.994. The summed E-state index contributed by atoms with van der Waals surface area (Å²) < 4.78 is 5.50. The quantitative estimate of drug-likeness (QED) is 0.791. The first-order chi connectivity index (χ1) is 6.85. The first-order valence-electron chi connectivity index (χ1n) is 5.28. The van der Waals surface area contributed by atoms with Gasteiger partial charge in [0.2, 0.25) is 0 Å². The van der Waals surface area contributed by atoms with Gasteiger partial charge in [0, 0.05) is 6.04 Å². The van der Waals surface area contributed by atoms with Crippen molar-refractivity contribution in [3.05, 3.63) is 29.3 Å². The Morgan fingerprint density at radius 1 is 1.50 bits per heavy atom. The zero-order chi connectivity index (χ0) is 9.97. The molecule has 1 aromatic carbocycles. The van der Waals surface area contributed by atoms with Gasteiger partial charge in [-0.05, 0) is 50.1 Å². The van der Waals surface area contributed by atoms with Gasteiger partial charge in [0.05, 0.1) is 6.61 Å². The van der Waals surface area contributed by atoms with Gasteiger partial charge in [-0.25, -0.2) is 0 Å². The number of ether oxygens (including phenoxy) is 1. The Bertz CT molecular complexity index is 322. The summed E-state index contributed by atoms with van der Waals surface area (Å²) in [5.41, 5.74) is 2.88. The third-order valence-electron chi connectivity index (χ3n) is 2.85. The highest BCUT2D eigenvalue weighted by atomic mass is 16.5. The third kappa shape index (κ3) is 1.62. The van der Waals surface area contributed by atoms with Crippen LogP contribution in [-0.4, -0.2) is 13.7 Å². The molecule has 1 aliphatic carbocycles. The smallest absolute Gasteiger partial charge is 0.119 e. The van der Waals surface area contributed by atoms with Crippen LogP contribution in [0.4, 0.5) is 0 Å². The van der Waals surface area contributed by atoms with E-state index in [4.69, 9.17) is 4.74 Å². The first kappa shape index (κ1) is 9.53. The predicted octanol–water partition coefficient (Wildman–Crippen LogP) is 2.29. The Morgan fingerprint density at radius 3 is 3.07 bits per heavy atom. The van der Waals surface area contributed by atoms with E-state index in [2.05, 4.69) is 23.5 Å². The molecule has 0 saturated heterocycles. The van der Waals surface area contributed by atoms with Gasteiger partial charge in [0.1, 0.15) is 5.75 Å². The van der Waals surface area contributed by atoms with Crippen LogP contribution in [0.5, 0.6) is 5.75 Å². The summed E-state index contributed by atoms with van der Waals surface area (Å²) in [5, 5.41) is 3.33. The average molecular weight is 191 g/mol. The number of fused-ring (bicyclic) bond motifs is 1. The Kier molecular flexibility index (Phi) is 2.73. The number of benzene rings is 1. The van der Waals surface area contributed by atoms with E-state index in [9.17, 15) is 0 Å². The van der Waals surface area contributed by atoms with Gasteiger partial charge >= 0.3 is 0 Å². The normalized spacial score (nSPS) is 19.4. The van der Waals surface area contributed by atoms with Crippen LogP contribution in [0.1, 0.15) is 30.5 Å². The summed E-state index contributed by atoms with van der Waals surface area (Å²) in [7, 11) is 2.02. The van der Waals surface area contributed by atoms with Gasteiger partial charge in [0.25, 0.3) is 0 Å². The summed E-state index contributed by atoms with van der Waals surface area (Å²) in [6.07, 6.45) is 2.40. The molecule has 2 heteroatoms. The molecule has 76 valence electrons. The molecule has 0 bridgehead atoms. The average Bonchev–Trinajstić information content (AvgIpc) is 2.60. The molecule has 2 rings (SSSR count). The standard InChI is InChI=1S/C12H17NO/c1-3-14-10-6-4-9-5-7-12(13-2)11(9)8-10/h4,6,8,12-13H,3,5,7H2,1-2H3/t12-/m1/s1. The highest BCUT2D eigenvalue weighted by Gasteiger charge is 2.20. The molecule has 0 spiro atoms. The molecule has 1 aromatic rings. The number of hydrogen-bond donors (Lipinski definition) is 1. The van der Waals surface area contributed by atoms with Crippen molar-refractivity contribution >= 4 is 0 Å². The molecule has 0 heterocycles. The van der Waals surface area contributed by atoms with Gasteiger partial charge in [-0.2, -0.15) is 0 Å². The highest BCUT2D eigenvalue weighted by molar-refractivity contribution is 5.40. The topological polar surface area (TPSA) is 21.3 Å². The molecule has 1 N–H and O–H groups in total. The van der Waals surface area contributed by atoms with Crippen LogP contribution in [0.25, 0.3) is 0 Å². The van der Waals surface area contributed by atoms with Crippen LogP contribution in [-0.2, 0) is 6.42 Å². The molecular formula is C12H17NO. The molecule has 1 aliphatic rings. The maximum Gasteiger partial charge on any atom is 0.119 e. The maximum atomic E-state index is 5.50. The lowest BCUT2D eigenvalue weighted by molar-refractivity contribution is 0.339. The van der Waals surface area contributed by atoms with Crippen LogP contribution >= 0.6 is 0 Å². The lowest BCUT2D eigenvalue weighted by atomic mass is 10.1. The SMILES string of the molecule is CCOc1ccc2c(c1)[C@H](NC)CC2. The Labute approximate surface area is 85.3 Å². The molecule has 0 unspecified atom stereocenters. The van der Waals surface area contributed by atoms with Crippen molar-refractivity contribution < 1.29 is 4.74 Å². The minimum absolute atomic E-state index is 0.519. The molecule has 2 nitrogen and oxygen atoms in total. The van der Waals surface area contributed by atoms with Crippen LogP contribution in [0, 0.1) is 0 Å². The number of hydrogen-bond acceptors (Lipinski definition) is 2. The summed E-state index contributed by atoms with van der Waals surface area (Å²) in [6.45, 7) is 2.76. The van der Waals surface area contributed by atoms with Gasteiger partial charge in [-0.15, -0.1) is 0 Å². The molecular weight excluding hydrogens is 174 g/mol. The molecule has 0 amide bonds. The Morgan fingerprint density at radius 2 is 2.36 bits per heavy atom. The molecule has 0 aliphatic heterocycles. The van der Waals surface area contributed by atoms with Crippen molar-refractivity contribution in [2.75, 3.05) is 13.7 Å². The fourth-order valence-corrected chi connectivity index (χ4v) is 2.14. The minimum Gasteiger partial charge on any atom is -0.494 e. The number of aryl methyl sites for hydroxylation is 1. The molecule has 0 aromatic heterocycles. The van der Waals surface area contributed by atoms with Crippen LogP contribution in [0.3, 0.4) is 0 Å². The Balaban J connectivity index is 2.28. The van der Waals surface area contributed by atoms with Gasteiger partial charge < -0.3 is 10.1 Å². The fraction of sp³-hybridized carbons (Fsp3) is 0.500. The zero-order valence-electron chi connectivity index (χ0n) is 8.84. The van der Waals surface area contributed by atoms with Crippen molar-refractivity contribution in [2.45, 2.75) is 25.8 Å². The summed E-state index contributed by atoms with van der Waals surface area (Å²) in [4.78, 5) is 0. The summed E-state index contributed by atoms with van der Waals surface area (Å²) in [6, 6.07) is 6.95. The second-order valence-electron chi connectivity index (χ2n) is 3.67. The van der Waals surface area contributed by atoms with Crippen molar-refractivity contribution in [3.8, 4) is 5.75 Å².